The van der Waals surface area contributed by atoms with Gasteiger partial charge >= 0.3 is 0 Å². The van der Waals surface area contributed by atoms with E-state index in [1.807, 2.05) is 0 Å². The topological polar surface area (TPSA) is 205 Å². The molecule has 1 aliphatic heterocycles. The predicted molar refractivity (Wildman–Crippen MR) is 96.5 cm³/mol. The lowest BCUT2D eigenvalue weighted by Gasteiger charge is -2.40. The minimum absolute atomic E-state index is 0.157. The fourth-order valence-electron chi connectivity index (χ4n) is 2.75. The van der Waals surface area contributed by atoms with Crippen molar-refractivity contribution in [1.82, 2.24) is 4.98 Å². The Balaban J connectivity index is 1.81. The highest BCUT2D eigenvalue weighted by molar-refractivity contribution is 5.33. The molecule has 9 atom stereocenters. The number of ether oxygens (including phenoxy) is 2. The number of hydrogen-bond acceptors (Lipinski definition) is 12. The number of hydrogen-bond donors (Lipinski definition) is 9. The van der Waals surface area contributed by atoms with Crippen LogP contribution in [0.4, 0.5) is 5.82 Å². The maximum atomic E-state index is 10.0. The molecule has 0 aliphatic carbocycles. The molecule has 29 heavy (non-hydrogen) atoms. The largest absolute Gasteiger partial charge is 0.394 e. The van der Waals surface area contributed by atoms with Crippen LogP contribution in [0.5, 0.6) is 0 Å². The van der Waals surface area contributed by atoms with E-state index in [1.54, 1.807) is 18.2 Å². The minimum Gasteiger partial charge on any atom is -0.394 e. The average Bonchev–Trinajstić information content (AvgIpc) is 2.74. The van der Waals surface area contributed by atoms with Crippen LogP contribution in [0.15, 0.2) is 24.4 Å². The molecule has 0 saturated carbocycles. The SMILES string of the molecule is OC[C@H]1O[C@@H](OC[C@@H](O)[C@@H](O)[C@H](O)[C@H](O)CNc2ccccn2)[C@H](O)[C@@H](O)[C@H]1O. The highest BCUT2D eigenvalue weighted by atomic mass is 16.7. The van der Waals surface area contributed by atoms with Crippen LogP contribution in [0.25, 0.3) is 0 Å². The maximum absolute atomic E-state index is 10.0. The Labute approximate surface area is 166 Å². The van der Waals surface area contributed by atoms with Gasteiger partial charge in [-0.1, -0.05) is 6.07 Å². The molecule has 1 aromatic rings. The van der Waals surface area contributed by atoms with Crippen molar-refractivity contribution in [3.8, 4) is 0 Å². The lowest BCUT2D eigenvalue weighted by molar-refractivity contribution is -0.306. The molecule has 0 amide bonds. The highest BCUT2D eigenvalue weighted by Gasteiger charge is 2.44. The molecule has 12 heteroatoms. The third kappa shape index (κ3) is 6.26. The zero-order chi connectivity index (χ0) is 21.6. The van der Waals surface area contributed by atoms with Crippen LogP contribution < -0.4 is 5.32 Å². The molecule has 0 unspecified atom stereocenters. The van der Waals surface area contributed by atoms with Crippen molar-refractivity contribution in [2.45, 2.75) is 55.1 Å². The Morgan fingerprint density at radius 2 is 1.69 bits per heavy atom. The summed E-state index contributed by atoms with van der Waals surface area (Å²) in [4.78, 5) is 3.97. The van der Waals surface area contributed by atoms with Crippen LogP contribution in [0.2, 0.25) is 0 Å². The highest BCUT2D eigenvalue weighted by Crippen LogP contribution is 2.22. The van der Waals surface area contributed by atoms with Crippen molar-refractivity contribution in [3.05, 3.63) is 24.4 Å². The molecule has 1 aromatic heterocycles. The van der Waals surface area contributed by atoms with Gasteiger partial charge in [0.15, 0.2) is 6.29 Å². The summed E-state index contributed by atoms with van der Waals surface area (Å²) in [6.07, 6.45) is -12.7. The summed E-state index contributed by atoms with van der Waals surface area (Å²) in [5, 5.41) is 81.1. The van der Waals surface area contributed by atoms with Gasteiger partial charge in [-0.25, -0.2) is 4.98 Å². The predicted octanol–water partition coefficient (Wildman–Crippen LogP) is -4.25. The van der Waals surface area contributed by atoms with Gasteiger partial charge in [-0.05, 0) is 12.1 Å². The van der Waals surface area contributed by atoms with Gasteiger partial charge in [-0.15, -0.1) is 0 Å². The van der Waals surface area contributed by atoms with Gasteiger partial charge in [0.2, 0.25) is 0 Å². The van der Waals surface area contributed by atoms with Gasteiger partial charge in [0.25, 0.3) is 0 Å². The number of nitrogens with one attached hydrogen (secondary N) is 1. The third-order valence-electron chi connectivity index (χ3n) is 4.58. The van der Waals surface area contributed by atoms with E-state index in [9.17, 15) is 35.7 Å². The molecule has 12 nitrogen and oxygen atoms in total. The van der Waals surface area contributed by atoms with Crippen LogP contribution in [0.1, 0.15) is 0 Å². The Morgan fingerprint density at radius 3 is 2.31 bits per heavy atom. The quantitative estimate of drug-likeness (QED) is 0.176. The van der Waals surface area contributed by atoms with Crippen LogP contribution in [-0.4, -0.2) is 121 Å². The van der Waals surface area contributed by atoms with Crippen LogP contribution in [0.3, 0.4) is 0 Å². The smallest absolute Gasteiger partial charge is 0.186 e. The minimum atomic E-state index is -1.81. The van der Waals surface area contributed by atoms with Crippen molar-refractivity contribution >= 4 is 5.82 Å². The summed E-state index contributed by atoms with van der Waals surface area (Å²) < 4.78 is 10.2. The second-order valence-electron chi connectivity index (χ2n) is 6.74. The van der Waals surface area contributed by atoms with Crippen LogP contribution >= 0.6 is 0 Å². The summed E-state index contributed by atoms with van der Waals surface area (Å²) in [5.74, 6) is 0.444. The number of rotatable bonds is 10. The number of anilines is 1. The molecule has 9 N–H and O–H groups in total. The first-order valence-corrected chi connectivity index (χ1v) is 9.05. The van der Waals surface area contributed by atoms with E-state index in [0.29, 0.717) is 5.82 Å². The van der Waals surface area contributed by atoms with Gasteiger partial charge in [-0.3, -0.25) is 0 Å². The maximum Gasteiger partial charge on any atom is 0.186 e. The molecule has 1 aliphatic rings. The molecule has 0 radical (unpaired) electrons. The number of pyridine rings is 1. The van der Waals surface area contributed by atoms with E-state index >= 15 is 0 Å². The van der Waals surface area contributed by atoms with E-state index < -0.39 is 68.3 Å². The number of aromatic nitrogens is 1. The molecule has 2 heterocycles. The van der Waals surface area contributed by atoms with Gasteiger partial charge in [0.1, 0.15) is 48.5 Å². The third-order valence-corrected chi connectivity index (χ3v) is 4.58. The van der Waals surface area contributed by atoms with E-state index in [0.717, 1.165) is 0 Å². The second-order valence-corrected chi connectivity index (χ2v) is 6.74. The Bertz CT molecular complexity index is 595. The van der Waals surface area contributed by atoms with Crippen molar-refractivity contribution in [2.75, 3.05) is 25.1 Å². The second kappa shape index (κ2) is 11.1. The normalized spacial score (nSPS) is 31.7. The van der Waals surface area contributed by atoms with Crippen molar-refractivity contribution in [2.24, 2.45) is 0 Å². The fraction of sp³-hybridized carbons (Fsp3) is 0.706. The zero-order valence-corrected chi connectivity index (χ0v) is 15.5. The first-order valence-electron chi connectivity index (χ1n) is 9.05. The molecule has 1 saturated heterocycles. The Kier molecular flexibility index (Phi) is 9.10. The monoisotopic (exact) mass is 420 g/mol. The fourth-order valence-corrected chi connectivity index (χ4v) is 2.75. The molecular formula is C17H28N2O10. The van der Waals surface area contributed by atoms with Crippen LogP contribution in [0, 0.1) is 0 Å². The summed E-state index contributed by atoms with van der Waals surface area (Å²) in [6.45, 7) is -1.44. The van der Waals surface area contributed by atoms with Crippen molar-refractivity contribution in [1.29, 1.82) is 0 Å². The molecular weight excluding hydrogens is 392 g/mol. The van der Waals surface area contributed by atoms with Gasteiger partial charge in [-0.2, -0.15) is 0 Å². The van der Waals surface area contributed by atoms with E-state index in [-0.39, 0.29) is 6.54 Å². The first kappa shape index (κ1) is 23.8. The molecule has 166 valence electrons. The summed E-state index contributed by atoms with van der Waals surface area (Å²) >= 11 is 0. The van der Waals surface area contributed by atoms with Crippen LogP contribution in [-0.2, 0) is 9.47 Å². The first-order chi connectivity index (χ1) is 13.8. The van der Waals surface area contributed by atoms with E-state index in [2.05, 4.69) is 10.3 Å². The number of aliphatic hydroxyl groups is 8. The number of aliphatic hydroxyl groups excluding tert-OH is 8. The van der Waals surface area contributed by atoms with Gasteiger partial charge < -0.3 is 55.6 Å². The summed E-state index contributed by atoms with van der Waals surface area (Å²) in [7, 11) is 0. The lowest BCUT2D eigenvalue weighted by atomic mass is 9.99. The van der Waals surface area contributed by atoms with E-state index in [1.165, 1.54) is 6.20 Å². The molecule has 0 aromatic carbocycles. The van der Waals surface area contributed by atoms with Gasteiger partial charge in [0.05, 0.1) is 19.3 Å². The zero-order valence-electron chi connectivity index (χ0n) is 15.5. The number of nitrogens with zero attached hydrogens (tertiary/aromatic N) is 1. The summed E-state index contributed by atoms with van der Waals surface area (Å²) in [6, 6.07) is 5.05. The Hall–Kier alpha value is -1.45. The van der Waals surface area contributed by atoms with Crippen molar-refractivity contribution < 1.29 is 50.3 Å². The van der Waals surface area contributed by atoms with Crippen molar-refractivity contribution in [3.63, 3.8) is 0 Å². The Morgan fingerprint density at radius 1 is 1.00 bits per heavy atom. The summed E-state index contributed by atoms with van der Waals surface area (Å²) in [5.41, 5.74) is 0. The molecule has 0 spiro atoms. The lowest BCUT2D eigenvalue weighted by Crippen LogP contribution is -2.59. The molecule has 2 rings (SSSR count). The molecule has 0 bridgehead atoms. The standard InChI is InChI=1S/C17H28N2O10/c20-6-10-14(25)15(26)16(27)17(29-10)28-7-9(22)13(24)12(23)8(21)5-19-11-3-1-2-4-18-11/h1-4,8-10,12-17,20-27H,5-7H2,(H,18,19)/t8-,9-,10-,12-,13-,14+,15+,16-,17-/m1/s1. The molecule has 1 fully saturated rings. The average molecular weight is 420 g/mol. The van der Waals surface area contributed by atoms with Gasteiger partial charge in [0, 0.05) is 12.7 Å². The van der Waals surface area contributed by atoms with E-state index in [4.69, 9.17) is 14.6 Å².